The van der Waals surface area contributed by atoms with E-state index in [2.05, 4.69) is 5.32 Å². The minimum atomic E-state index is -0.617. The summed E-state index contributed by atoms with van der Waals surface area (Å²) in [4.78, 5) is 38.6. The molecule has 3 N–H and O–H groups in total. The van der Waals surface area contributed by atoms with Gasteiger partial charge in [0, 0.05) is 18.7 Å². The molecule has 0 aromatic heterocycles. The van der Waals surface area contributed by atoms with Crippen molar-refractivity contribution in [2.45, 2.75) is 19.5 Å². The van der Waals surface area contributed by atoms with Crippen LogP contribution in [0.1, 0.15) is 27.0 Å². The predicted octanol–water partition coefficient (Wildman–Crippen LogP) is 2.69. The molecule has 3 aromatic rings. The Bertz CT molecular complexity index is 1040. The maximum atomic E-state index is 13.0. The van der Waals surface area contributed by atoms with Crippen LogP contribution in [0.2, 0.25) is 0 Å². The average Bonchev–Trinajstić information content (AvgIpc) is 2.83. The molecule has 0 aliphatic heterocycles. The second-order valence-corrected chi connectivity index (χ2v) is 7.31. The monoisotopic (exact) mass is 431 g/mol. The molecule has 0 heterocycles. The first kappa shape index (κ1) is 22.7. The van der Waals surface area contributed by atoms with E-state index in [1.807, 2.05) is 60.7 Å². The van der Waals surface area contributed by atoms with Crippen molar-refractivity contribution in [2.24, 2.45) is 0 Å². The molecule has 0 atom stereocenters. The average molecular weight is 431 g/mol. The molecule has 0 bridgehead atoms. The van der Waals surface area contributed by atoms with Crippen molar-refractivity contribution >= 4 is 17.7 Å². The number of hydroxylamine groups is 1. The van der Waals surface area contributed by atoms with E-state index >= 15 is 0 Å². The summed E-state index contributed by atoms with van der Waals surface area (Å²) in [5.41, 5.74) is 4.47. The van der Waals surface area contributed by atoms with Crippen LogP contribution in [0.3, 0.4) is 0 Å². The topological polar surface area (TPSA) is 98.7 Å². The van der Waals surface area contributed by atoms with Gasteiger partial charge in [-0.1, -0.05) is 72.8 Å². The molecule has 0 fully saturated rings. The molecule has 7 nitrogen and oxygen atoms in total. The van der Waals surface area contributed by atoms with Crippen molar-refractivity contribution in [1.82, 2.24) is 15.7 Å². The van der Waals surface area contributed by atoms with Gasteiger partial charge in [-0.2, -0.15) is 0 Å². The molecule has 3 rings (SSSR count). The first-order valence-electron chi connectivity index (χ1n) is 10.2. The van der Waals surface area contributed by atoms with Crippen LogP contribution in [0.15, 0.2) is 84.9 Å². The third kappa shape index (κ3) is 6.78. The van der Waals surface area contributed by atoms with E-state index in [0.717, 1.165) is 16.7 Å². The first-order valence-corrected chi connectivity index (χ1v) is 10.2. The number of carbonyl (C=O) groups excluding carboxylic acids is 3. The Labute approximate surface area is 186 Å². The fraction of sp³-hybridized carbons (Fsp3) is 0.160. The van der Waals surface area contributed by atoms with Crippen molar-refractivity contribution < 1.29 is 19.6 Å². The zero-order valence-electron chi connectivity index (χ0n) is 17.5. The highest BCUT2D eigenvalue weighted by Gasteiger charge is 2.18. The highest BCUT2D eigenvalue weighted by atomic mass is 16.5. The van der Waals surface area contributed by atoms with E-state index in [4.69, 9.17) is 5.21 Å². The molecular formula is C25H25N3O4. The number of nitrogens with one attached hydrogen (secondary N) is 2. The number of nitrogens with zero attached hydrogens (tertiary/aromatic N) is 1. The van der Waals surface area contributed by atoms with Gasteiger partial charge in [0.1, 0.15) is 0 Å². The number of benzene rings is 3. The molecule has 0 saturated carbocycles. The quantitative estimate of drug-likeness (QED) is 0.358. The van der Waals surface area contributed by atoms with E-state index in [-0.39, 0.29) is 31.3 Å². The zero-order chi connectivity index (χ0) is 22.8. The van der Waals surface area contributed by atoms with Gasteiger partial charge in [0.2, 0.25) is 11.8 Å². The van der Waals surface area contributed by atoms with Crippen LogP contribution in [0.5, 0.6) is 0 Å². The lowest BCUT2D eigenvalue weighted by Crippen LogP contribution is -2.40. The lowest BCUT2D eigenvalue weighted by atomic mass is 10.1. The van der Waals surface area contributed by atoms with Crippen LogP contribution in [-0.2, 0) is 29.1 Å². The van der Waals surface area contributed by atoms with Gasteiger partial charge in [-0.3, -0.25) is 19.6 Å². The van der Waals surface area contributed by atoms with Crippen molar-refractivity contribution in [3.05, 3.63) is 107 Å². The summed E-state index contributed by atoms with van der Waals surface area (Å²) >= 11 is 0. The van der Waals surface area contributed by atoms with Gasteiger partial charge < -0.3 is 10.2 Å². The molecule has 3 aromatic carbocycles. The molecule has 0 aliphatic carbocycles. The summed E-state index contributed by atoms with van der Waals surface area (Å²) in [5.74, 6) is -1.05. The maximum Gasteiger partial charge on any atom is 0.274 e. The second-order valence-electron chi connectivity index (χ2n) is 7.31. The van der Waals surface area contributed by atoms with Crippen LogP contribution in [0.4, 0.5) is 0 Å². The maximum absolute atomic E-state index is 13.0. The summed E-state index contributed by atoms with van der Waals surface area (Å²) < 4.78 is 0. The summed E-state index contributed by atoms with van der Waals surface area (Å²) in [6.07, 6.45) is 0.178. The van der Waals surface area contributed by atoms with Gasteiger partial charge in [0.05, 0.1) is 13.0 Å². The van der Waals surface area contributed by atoms with Crippen molar-refractivity contribution in [3.8, 4) is 0 Å². The number of carbonyl (C=O) groups is 3. The van der Waals surface area contributed by atoms with Crippen molar-refractivity contribution in [2.75, 3.05) is 6.54 Å². The Kier molecular flexibility index (Phi) is 8.11. The third-order valence-electron chi connectivity index (χ3n) is 4.91. The largest absolute Gasteiger partial charge is 0.350 e. The minimum absolute atomic E-state index is 0.0859. The van der Waals surface area contributed by atoms with Crippen LogP contribution in [0, 0.1) is 0 Å². The molecule has 3 amide bonds. The smallest absolute Gasteiger partial charge is 0.274 e. The van der Waals surface area contributed by atoms with Gasteiger partial charge in [-0.05, 0) is 28.8 Å². The van der Waals surface area contributed by atoms with Crippen molar-refractivity contribution in [3.63, 3.8) is 0 Å². The summed E-state index contributed by atoms with van der Waals surface area (Å²) in [6.45, 7) is 0.508. The number of hydrogen-bond donors (Lipinski definition) is 3. The number of hydrogen-bond acceptors (Lipinski definition) is 4. The van der Waals surface area contributed by atoms with Crippen LogP contribution in [-0.4, -0.2) is 34.4 Å². The zero-order valence-corrected chi connectivity index (χ0v) is 17.5. The summed E-state index contributed by atoms with van der Waals surface area (Å²) in [6, 6.07) is 25.4. The molecule has 0 unspecified atom stereocenters. The highest BCUT2D eigenvalue weighted by Crippen LogP contribution is 2.11. The van der Waals surface area contributed by atoms with E-state index in [9.17, 15) is 14.4 Å². The van der Waals surface area contributed by atoms with E-state index in [1.54, 1.807) is 29.7 Å². The Morgan fingerprint density at radius 1 is 0.750 bits per heavy atom. The normalized spacial score (nSPS) is 10.3. The molecule has 0 radical (unpaired) electrons. The first-order chi connectivity index (χ1) is 15.5. The summed E-state index contributed by atoms with van der Waals surface area (Å²) in [5, 5.41) is 11.6. The second kappa shape index (κ2) is 11.4. The van der Waals surface area contributed by atoms with Gasteiger partial charge >= 0.3 is 0 Å². The van der Waals surface area contributed by atoms with Gasteiger partial charge in [-0.25, -0.2) is 5.48 Å². The van der Waals surface area contributed by atoms with E-state index in [0.29, 0.717) is 12.1 Å². The van der Waals surface area contributed by atoms with E-state index in [1.165, 1.54) is 4.90 Å². The molecule has 7 heteroatoms. The van der Waals surface area contributed by atoms with Gasteiger partial charge in [0.25, 0.3) is 5.91 Å². The molecule has 164 valence electrons. The fourth-order valence-electron chi connectivity index (χ4n) is 3.19. The standard InChI is InChI=1S/C25H25N3O4/c29-23(26-16-20-9-5-2-6-10-20)18-28(24(30)15-19-7-3-1-4-8-19)17-21-11-13-22(14-12-21)25(31)27-32/h1-14,32H,15-18H2,(H,26,29)(H,27,31). The number of amides is 3. The summed E-state index contributed by atoms with van der Waals surface area (Å²) in [7, 11) is 0. The lowest BCUT2D eigenvalue weighted by Gasteiger charge is -2.23. The van der Waals surface area contributed by atoms with Crippen LogP contribution >= 0.6 is 0 Å². The third-order valence-corrected chi connectivity index (χ3v) is 4.91. The fourth-order valence-corrected chi connectivity index (χ4v) is 3.19. The molecule has 0 aliphatic rings. The van der Waals surface area contributed by atoms with Gasteiger partial charge in [0.15, 0.2) is 0 Å². The Morgan fingerprint density at radius 2 is 1.34 bits per heavy atom. The van der Waals surface area contributed by atoms with Crippen LogP contribution < -0.4 is 10.8 Å². The van der Waals surface area contributed by atoms with Crippen molar-refractivity contribution in [1.29, 1.82) is 0 Å². The lowest BCUT2D eigenvalue weighted by molar-refractivity contribution is -0.136. The molecular weight excluding hydrogens is 406 g/mol. The minimum Gasteiger partial charge on any atom is -0.350 e. The molecule has 0 spiro atoms. The Balaban J connectivity index is 1.69. The van der Waals surface area contributed by atoms with E-state index < -0.39 is 5.91 Å². The van der Waals surface area contributed by atoms with Gasteiger partial charge in [-0.15, -0.1) is 0 Å². The predicted molar refractivity (Wildman–Crippen MR) is 120 cm³/mol. The van der Waals surface area contributed by atoms with Crippen LogP contribution in [0.25, 0.3) is 0 Å². The SMILES string of the molecule is O=C(CN(Cc1ccc(C(=O)NO)cc1)C(=O)Cc1ccccc1)NCc1ccccc1. The molecule has 32 heavy (non-hydrogen) atoms. The number of rotatable bonds is 9. The Morgan fingerprint density at radius 3 is 1.94 bits per heavy atom. The Hall–Kier alpha value is -3.97. The highest BCUT2D eigenvalue weighted by molar-refractivity contribution is 5.93. The molecule has 0 saturated heterocycles.